The molecular formula is C17H29IN4O3S. The van der Waals surface area contributed by atoms with Crippen LogP contribution in [0.2, 0.25) is 0 Å². The summed E-state index contributed by atoms with van der Waals surface area (Å²) in [5.74, 6) is 0.495. The number of aliphatic imine (C=N–C) groups is 1. The zero-order valence-corrected chi connectivity index (χ0v) is 18.5. The minimum absolute atomic E-state index is 0. The number of carbonyl (C=O) groups is 1. The van der Waals surface area contributed by atoms with Gasteiger partial charge in [-0.05, 0) is 18.4 Å². The normalized spacial score (nSPS) is 16.5. The van der Waals surface area contributed by atoms with E-state index in [0.717, 1.165) is 38.8 Å². The number of thiophene rings is 1. The summed E-state index contributed by atoms with van der Waals surface area (Å²) in [5, 5.41) is 8.52. The highest BCUT2D eigenvalue weighted by Gasteiger charge is 2.23. The summed E-state index contributed by atoms with van der Waals surface area (Å²) in [6.45, 7) is 7.33. The minimum atomic E-state index is -0.229. The topological polar surface area (TPSA) is 75.2 Å². The van der Waals surface area contributed by atoms with Crippen LogP contribution in [-0.2, 0) is 14.3 Å². The van der Waals surface area contributed by atoms with Crippen LogP contribution in [0.5, 0.6) is 0 Å². The first kappa shape index (κ1) is 23.1. The number of rotatable bonds is 8. The van der Waals surface area contributed by atoms with Crippen molar-refractivity contribution in [3.05, 3.63) is 22.4 Å². The molecule has 26 heavy (non-hydrogen) atoms. The van der Waals surface area contributed by atoms with Crippen LogP contribution in [0.25, 0.3) is 0 Å². The van der Waals surface area contributed by atoms with Gasteiger partial charge < -0.3 is 20.1 Å². The molecule has 7 nitrogen and oxygen atoms in total. The summed E-state index contributed by atoms with van der Waals surface area (Å²) >= 11 is 1.76. The lowest BCUT2D eigenvalue weighted by molar-refractivity contribution is -0.140. The first-order chi connectivity index (χ1) is 12.2. The van der Waals surface area contributed by atoms with Crippen LogP contribution in [0.3, 0.4) is 0 Å². The molecule has 2 heterocycles. The third kappa shape index (κ3) is 7.77. The van der Waals surface area contributed by atoms with Crippen molar-refractivity contribution in [3.63, 3.8) is 0 Å². The van der Waals surface area contributed by atoms with Gasteiger partial charge in [0.25, 0.3) is 0 Å². The summed E-state index contributed by atoms with van der Waals surface area (Å²) in [4.78, 5) is 19.7. The molecular weight excluding hydrogens is 467 g/mol. The second-order valence-corrected chi connectivity index (χ2v) is 6.63. The third-order valence-electron chi connectivity index (χ3n) is 3.97. The van der Waals surface area contributed by atoms with Crippen molar-refractivity contribution in [3.8, 4) is 0 Å². The van der Waals surface area contributed by atoms with Gasteiger partial charge in [0.15, 0.2) is 5.96 Å². The maximum Gasteiger partial charge on any atom is 0.307 e. The highest BCUT2D eigenvalue weighted by molar-refractivity contribution is 14.0. The Kier molecular flexibility index (Phi) is 11.8. The summed E-state index contributed by atoms with van der Waals surface area (Å²) < 4.78 is 10.1. The lowest BCUT2D eigenvalue weighted by atomic mass is 10.2. The highest BCUT2D eigenvalue weighted by Crippen LogP contribution is 2.26. The first-order valence-corrected chi connectivity index (χ1v) is 9.56. The molecule has 0 amide bonds. The number of guanidine groups is 1. The van der Waals surface area contributed by atoms with Crippen molar-refractivity contribution in [2.75, 3.05) is 53.0 Å². The average molecular weight is 496 g/mol. The quantitative estimate of drug-likeness (QED) is 0.248. The molecule has 9 heteroatoms. The van der Waals surface area contributed by atoms with E-state index in [1.807, 2.05) is 6.92 Å². The molecule has 1 aromatic heterocycles. The maximum atomic E-state index is 11.2. The SMILES string of the molecule is CCNC(=NCC(c1cccs1)N1CCOCC1)NCCC(=O)OC.I. The van der Waals surface area contributed by atoms with Crippen molar-refractivity contribution in [1.29, 1.82) is 0 Å². The Morgan fingerprint density at radius 1 is 1.42 bits per heavy atom. The Labute approximate surface area is 176 Å². The fraction of sp³-hybridized carbons (Fsp3) is 0.647. The Balaban J connectivity index is 0.00000338. The van der Waals surface area contributed by atoms with Gasteiger partial charge in [0.2, 0.25) is 0 Å². The van der Waals surface area contributed by atoms with Gasteiger partial charge in [-0.1, -0.05) is 6.07 Å². The number of halogens is 1. The van der Waals surface area contributed by atoms with Crippen LogP contribution in [-0.4, -0.2) is 69.9 Å². The van der Waals surface area contributed by atoms with E-state index in [1.165, 1.54) is 12.0 Å². The number of carbonyl (C=O) groups excluding carboxylic acids is 1. The number of hydrogen-bond donors (Lipinski definition) is 2. The van der Waals surface area contributed by atoms with E-state index in [-0.39, 0.29) is 36.0 Å². The van der Waals surface area contributed by atoms with Gasteiger partial charge >= 0.3 is 5.97 Å². The molecule has 0 aliphatic carbocycles. The molecule has 1 unspecified atom stereocenters. The summed E-state index contributed by atoms with van der Waals surface area (Å²) in [7, 11) is 1.40. The largest absolute Gasteiger partial charge is 0.469 e. The predicted molar refractivity (Wildman–Crippen MR) is 115 cm³/mol. The van der Waals surface area contributed by atoms with E-state index in [1.54, 1.807) is 11.3 Å². The van der Waals surface area contributed by atoms with Crippen LogP contribution in [0.4, 0.5) is 0 Å². The molecule has 0 bridgehead atoms. The van der Waals surface area contributed by atoms with Gasteiger partial charge in [-0.15, -0.1) is 35.3 Å². The minimum Gasteiger partial charge on any atom is -0.469 e. The van der Waals surface area contributed by atoms with Gasteiger partial charge in [0, 0.05) is 31.1 Å². The van der Waals surface area contributed by atoms with E-state index >= 15 is 0 Å². The van der Waals surface area contributed by atoms with Gasteiger partial charge in [-0.25, -0.2) is 0 Å². The smallest absolute Gasteiger partial charge is 0.307 e. The van der Waals surface area contributed by atoms with Crippen molar-refractivity contribution < 1.29 is 14.3 Å². The van der Waals surface area contributed by atoms with Crippen LogP contribution in [0.15, 0.2) is 22.5 Å². The molecule has 0 spiro atoms. The Bertz CT molecular complexity index is 536. The molecule has 148 valence electrons. The van der Waals surface area contributed by atoms with Gasteiger partial charge in [-0.3, -0.25) is 14.7 Å². The molecule has 1 aliphatic heterocycles. The van der Waals surface area contributed by atoms with E-state index in [2.05, 4.69) is 37.8 Å². The highest BCUT2D eigenvalue weighted by atomic mass is 127. The molecule has 1 fully saturated rings. The number of methoxy groups -OCH3 is 1. The van der Waals surface area contributed by atoms with E-state index in [4.69, 9.17) is 9.73 Å². The third-order valence-corrected chi connectivity index (χ3v) is 4.95. The lowest BCUT2D eigenvalue weighted by Crippen LogP contribution is -2.42. The molecule has 1 aliphatic rings. The maximum absolute atomic E-state index is 11.2. The number of esters is 1. The molecule has 1 atom stereocenters. The fourth-order valence-electron chi connectivity index (χ4n) is 2.66. The van der Waals surface area contributed by atoms with Crippen molar-refractivity contribution >= 4 is 47.2 Å². The Morgan fingerprint density at radius 3 is 2.81 bits per heavy atom. The van der Waals surface area contributed by atoms with Gasteiger partial charge in [-0.2, -0.15) is 0 Å². The van der Waals surface area contributed by atoms with Crippen molar-refractivity contribution in [2.24, 2.45) is 4.99 Å². The standard InChI is InChI=1S/C17H28N4O3S.HI/c1-3-18-17(19-7-6-16(22)23-2)20-13-14(15-5-4-12-25-15)21-8-10-24-11-9-21;/h4-5,12,14H,3,6-11,13H2,1-2H3,(H2,18,19,20);1H. The number of nitrogens with one attached hydrogen (secondary N) is 2. The molecule has 2 rings (SSSR count). The van der Waals surface area contributed by atoms with Crippen LogP contribution in [0, 0.1) is 0 Å². The molecule has 1 saturated heterocycles. The molecule has 0 aromatic carbocycles. The first-order valence-electron chi connectivity index (χ1n) is 8.68. The van der Waals surface area contributed by atoms with Gasteiger partial charge in [0.05, 0.1) is 39.3 Å². The fourth-order valence-corrected chi connectivity index (χ4v) is 3.51. The molecule has 1 aromatic rings. The predicted octanol–water partition coefficient (Wildman–Crippen LogP) is 1.86. The Morgan fingerprint density at radius 2 is 2.19 bits per heavy atom. The molecule has 0 radical (unpaired) electrons. The van der Waals surface area contributed by atoms with Gasteiger partial charge in [0.1, 0.15) is 0 Å². The van der Waals surface area contributed by atoms with Crippen LogP contribution in [0.1, 0.15) is 24.3 Å². The average Bonchev–Trinajstić information content (AvgIpc) is 3.17. The van der Waals surface area contributed by atoms with Crippen molar-refractivity contribution in [2.45, 2.75) is 19.4 Å². The van der Waals surface area contributed by atoms with Crippen LogP contribution < -0.4 is 10.6 Å². The van der Waals surface area contributed by atoms with E-state index in [9.17, 15) is 4.79 Å². The zero-order chi connectivity index (χ0) is 17.9. The Hall–Kier alpha value is -0.910. The van der Waals surface area contributed by atoms with E-state index in [0.29, 0.717) is 19.5 Å². The summed E-state index contributed by atoms with van der Waals surface area (Å²) in [6.07, 6.45) is 0.318. The van der Waals surface area contributed by atoms with Crippen LogP contribution >= 0.6 is 35.3 Å². The second kappa shape index (κ2) is 13.3. The summed E-state index contributed by atoms with van der Waals surface area (Å²) in [6, 6.07) is 4.49. The lowest BCUT2D eigenvalue weighted by Gasteiger charge is -2.33. The van der Waals surface area contributed by atoms with E-state index < -0.39 is 0 Å². The molecule has 2 N–H and O–H groups in total. The monoisotopic (exact) mass is 496 g/mol. The summed E-state index contributed by atoms with van der Waals surface area (Å²) in [5.41, 5.74) is 0. The zero-order valence-electron chi connectivity index (χ0n) is 15.4. The second-order valence-electron chi connectivity index (χ2n) is 5.65. The number of morpholine rings is 1. The molecule has 0 saturated carbocycles. The number of ether oxygens (including phenoxy) is 2. The number of nitrogens with zero attached hydrogens (tertiary/aromatic N) is 2. The van der Waals surface area contributed by atoms with Crippen molar-refractivity contribution in [1.82, 2.24) is 15.5 Å². The number of hydrogen-bond acceptors (Lipinski definition) is 6.